The highest BCUT2D eigenvalue weighted by Gasteiger charge is 2.42. The molecule has 154 valence electrons. The summed E-state index contributed by atoms with van der Waals surface area (Å²) >= 11 is 0. The second kappa shape index (κ2) is 8.24. The number of nitrogens with zero attached hydrogens (tertiary/aromatic N) is 2. The summed E-state index contributed by atoms with van der Waals surface area (Å²) in [5.74, 6) is 5.87. The van der Waals surface area contributed by atoms with Crippen LogP contribution >= 0.6 is 0 Å². The van der Waals surface area contributed by atoms with Crippen molar-refractivity contribution in [3.05, 3.63) is 35.5 Å². The molecule has 2 aromatic rings. The number of fused-ring (bicyclic) bond motifs is 1. The number of aliphatic hydroxyl groups is 4. The molecular weight excluding hydrogens is 374 g/mol. The number of ether oxygens (including phenoxy) is 1. The van der Waals surface area contributed by atoms with Crippen LogP contribution in [0.3, 0.4) is 0 Å². The van der Waals surface area contributed by atoms with E-state index in [0.717, 1.165) is 36.0 Å². The van der Waals surface area contributed by atoms with Gasteiger partial charge in [0.1, 0.15) is 30.5 Å². The van der Waals surface area contributed by atoms with Gasteiger partial charge in [0, 0.05) is 18.5 Å². The molecule has 0 amide bonds. The van der Waals surface area contributed by atoms with Crippen LogP contribution in [-0.4, -0.2) is 92.8 Å². The fraction of sp³-hybridized carbons (Fsp3) is 0.476. The Hall–Kier alpha value is -2.25. The van der Waals surface area contributed by atoms with Gasteiger partial charge in [0.25, 0.3) is 0 Å². The van der Waals surface area contributed by atoms with Crippen LogP contribution in [0.25, 0.3) is 16.5 Å². The number of hydrogen-bond acceptors (Lipinski definition) is 7. The summed E-state index contributed by atoms with van der Waals surface area (Å²) in [6, 6.07) is 4.06. The first-order chi connectivity index (χ1) is 14.0. The Kier molecular flexibility index (Phi) is 5.69. The highest BCUT2D eigenvalue weighted by atomic mass is 16.5. The molecule has 1 saturated heterocycles. The lowest BCUT2D eigenvalue weighted by Crippen LogP contribution is -2.58. The standard InChI is InChI=1S/C21H25N3O5/c1-24-6-4-12(5-7-24)14-8-13(18-15(9-14)10-22-23-18)2-3-16-19(26)21(28)20(27)17(11-25)29-16/h4,8-10,16-17,19-21,25-28H,5-7,11H2,1H3,(H,22,23)/t16-,17-,19-,20-,21-/m1/s1. The van der Waals surface area contributed by atoms with Crippen LogP contribution < -0.4 is 0 Å². The third kappa shape index (κ3) is 3.94. The lowest BCUT2D eigenvalue weighted by Gasteiger charge is -2.37. The average molecular weight is 399 g/mol. The number of aliphatic hydroxyl groups excluding tert-OH is 4. The minimum Gasteiger partial charge on any atom is -0.394 e. The molecule has 0 bridgehead atoms. The van der Waals surface area contributed by atoms with Crippen molar-refractivity contribution in [1.29, 1.82) is 0 Å². The van der Waals surface area contributed by atoms with Crippen molar-refractivity contribution >= 4 is 16.5 Å². The van der Waals surface area contributed by atoms with Crippen LogP contribution in [0, 0.1) is 11.8 Å². The predicted octanol–water partition coefficient (Wildman–Crippen LogP) is -0.524. The van der Waals surface area contributed by atoms with E-state index in [1.807, 2.05) is 6.07 Å². The zero-order valence-electron chi connectivity index (χ0n) is 16.1. The summed E-state index contributed by atoms with van der Waals surface area (Å²) in [5.41, 5.74) is 3.80. The number of aromatic nitrogens is 2. The maximum Gasteiger partial charge on any atom is 0.147 e. The number of likely N-dealkylation sites (N-methyl/N-ethyl adjacent to an activating group) is 1. The molecule has 8 heteroatoms. The van der Waals surface area contributed by atoms with Crippen molar-refractivity contribution in [1.82, 2.24) is 15.1 Å². The first-order valence-corrected chi connectivity index (χ1v) is 9.65. The van der Waals surface area contributed by atoms with Crippen molar-refractivity contribution in [3.8, 4) is 11.8 Å². The third-order valence-electron chi connectivity index (χ3n) is 5.57. The smallest absolute Gasteiger partial charge is 0.147 e. The van der Waals surface area contributed by atoms with E-state index in [1.54, 1.807) is 6.20 Å². The maximum atomic E-state index is 10.2. The number of nitrogens with one attached hydrogen (secondary N) is 1. The zero-order chi connectivity index (χ0) is 20.5. The second-order valence-electron chi connectivity index (χ2n) is 7.62. The van der Waals surface area contributed by atoms with E-state index in [1.165, 1.54) is 5.57 Å². The Balaban J connectivity index is 1.67. The minimum atomic E-state index is -1.44. The molecule has 8 nitrogen and oxygen atoms in total. The Bertz CT molecular complexity index is 974. The molecule has 0 unspecified atom stereocenters. The van der Waals surface area contributed by atoms with Crippen LogP contribution in [0.2, 0.25) is 0 Å². The van der Waals surface area contributed by atoms with Gasteiger partial charge in [-0.05, 0) is 36.7 Å². The molecule has 4 rings (SSSR count). The minimum absolute atomic E-state index is 0.480. The third-order valence-corrected chi connectivity index (χ3v) is 5.57. The molecule has 29 heavy (non-hydrogen) atoms. The Morgan fingerprint density at radius 3 is 2.79 bits per heavy atom. The lowest BCUT2D eigenvalue weighted by molar-refractivity contribution is -0.214. The van der Waals surface area contributed by atoms with Crippen LogP contribution in [0.1, 0.15) is 17.5 Å². The van der Waals surface area contributed by atoms with Crippen LogP contribution in [0.15, 0.2) is 24.4 Å². The summed E-state index contributed by atoms with van der Waals surface area (Å²) in [6.45, 7) is 1.40. The molecule has 0 spiro atoms. The topological polar surface area (TPSA) is 122 Å². The van der Waals surface area contributed by atoms with Crippen molar-refractivity contribution in [2.75, 3.05) is 26.7 Å². The molecule has 1 fully saturated rings. The summed E-state index contributed by atoms with van der Waals surface area (Å²) in [7, 11) is 2.09. The van der Waals surface area contributed by atoms with Gasteiger partial charge in [0.05, 0.1) is 23.9 Å². The molecule has 5 atom stereocenters. The predicted molar refractivity (Wildman–Crippen MR) is 107 cm³/mol. The van der Waals surface area contributed by atoms with E-state index in [4.69, 9.17) is 4.74 Å². The number of benzene rings is 1. The van der Waals surface area contributed by atoms with Crippen molar-refractivity contribution in [2.24, 2.45) is 0 Å². The van der Waals surface area contributed by atoms with Gasteiger partial charge in [0.2, 0.25) is 0 Å². The average Bonchev–Trinajstić information content (AvgIpc) is 3.21. The van der Waals surface area contributed by atoms with Gasteiger partial charge in [-0.1, -0.05) is 17.9 Å². The van der Waals surface area contributed by atoms with Gasteiger partial charge < -0.3 is 30.1 Å². The Morgan fingerprint density at radius 1 is 1.24 bits per heavy atom. The van der Waals surface area contributed by atoms with E-state index >= 15 is 0 Å². The normalized spacial score (nSPS) is 30.7. The second-order valence-corrected chi connectivity index (χ2v) is 7.62. The molecule has 0 aliphatic carbocycles. The van der Waals surface area contributed by atoms with Gasteiger partial charge in [0.15, 0.2) is 0 Å². The Morgan fingerprint density at radius 2 is 2.07 bits per heavy atom. The fourth-order valence-corrected chi connectivity index (χ4v) is 3.74. The highest BCUT2D eigenvalue weighted by molar-refractivity contribution is 5.88. The number of rotatable bonds is 2. The molecular formula is C21H25N3O5. The van der Waals surface area contributed by atoms with Gasteiger partial charge >= 0.3 is 0 Å². The number of hydrogen-bond donors (Lipinski definition) is 5. The fourth-order valence-electron chi connectivity index (χ4n) is 3.74. The monoisotopic (exact) mass is 399 g/mol. The van der Waals surface area contributed by atoms with Gasteiger partial charge in [-0.2, -0.15) is 5.10 Å². The maximum absolute atomic E-state index is 10.2. The largest absolute Gasteiger partial charge is 0.394 e. The summed E-state index contributed by atoms with van der Waals surface area (Å²) in [6.07, 6.45) is -1.33. The van der Waals surface area contributed by atoms with Crippen LogP contribution in [0.4, 0.5) is 0 Å². The highest BCUT2D eigenvalue weighted by Crippen LogP contribution is 2.27. The molecule has 3 heterocycles. The SMILES string of the molecule is CN1CC=C(c2cc(C#C[C@H]3O[C@H](CO)[C@@H](O)[C@H](O)[C@@H]3O)c3[nH]ncc3c2)CC1. The summed E-state index contributed by atoms with van der Waals surface area (Å²) in [4.78, 5) is 2.25. The van der Waals surface area contributed by atoms with E-state index in [-0.39, 0.29) is 0 Å². The van der Waals surface area contributed by atoms with Crippen LogP contribution in [0.5, 0.6) is 0 Å². The van der Waals surface area contributed by atoms with Crippen LogP contribution in [-0.2, 0) is 4.74 Å². The van der Waals surface area contributed by atoms with E-state index in [2.05, 4.69) is 46.1 Å². The van der Waals surface area contributed by atoms with Gasteiger partial charge in [-0.15, -0.1) is 0 Å². The van der Waals surface area contributed by atoms with E-state index in [0.29, 0.717) is 5.56 Å². The molecule has 1 aromatic heterocycles. The number of aromatic amines is 1. The first kappa shape index (κ1) is 20.0. The van der Waals surface area contributed by atoms with Crippen molar-refractivity contribution in [2.45, 2.75) is 36.9 Å². The summed E-state index contributed by atoms with van der Waals surface area (Å²) in [5, 5.41) is 47.4. The first-order valence-electron chi connectivity index (χ1n) is 9.65. The Labute approximate surface area is 168 Å². The molecule has 5 N–H and O–H groups in total. The lowest BCUT2D eigenvalue weighted by atomic mass is 9.94. The molecule has 2 aliphatic heterocycles. The molecule has 0 saturated carbocycles. The molecule has 2 aliphatic rings. The van der Waals surface area contributed by atoms with Crippen molar-refractivity contribution in [3.63, 3.8) is 0 Å². The summed E-state index contributed by atoms with van der Waals surface area (Å²) < 4.78 is 5.48. The number of H-pyrrole nitrogens is 1. The quantitative estimate of drug-likeness (QED) is 0.431. The van der Waals surface area contributed by atoms with Gasteiger partial charge in [-0.25, -0.2) is 0 Å². The van der Waals surface area contributed by atoms with Gasteiger partial charge in [-0.3, -0.25) is 5.10 Å². The molecule has 1 aromatic carbocycles. The van der Waals surface area contributed by atoms with Crippen molar-refractivity contribution < 1.29 is 25.2 Å². The van der Waals surface area contributed by atoms with E-state index < -0.39 is 37.1 Å². The van der Waals surface area contributed by atoms with E-state index in [9.17, 15) is 20.4 Å². The molecule has 0 radical (unpaired) electrons. The zero-order valence-corrected chi connectivity index (χ0v) is 16.1.